The number of thioether (sulfide) groups is 1. The van der Waals surface area contributed by atoms with Crippen molar-refractivity contribution in [3.8, 4) is 5.75 Å². The van der Waals surface area contributed by atoms with Crippen molar-refractivity contribution in [3.05, 3.63) is 58.1 Å². The molecule has 0 aliphatic carbocycles. The predicted molar refractivity (Wildman–Crippen MR) is 90.6 cm³/mol. The van der Waals surface area contributed by atoms with Gasteiger partial charge in [0.1, 0.15) is 0 Å². The van der Waals surface area contributed by atoms with Gasteiger partial charge in [0.2, 0.25) is 0 Å². The summed E-state index contributed by atoms with van der Waals surface area (Å²) in [6.45, 7) is -0.817. The van der Waals surface area contributed by atoms with E-state index in [1.165, 1.54) is 18.2 Å². The topological polar surface area (TPSA) is 81.5 Å². The van der Waals surface area contributed by atoms with Gasteiger partial charge in [0.25, 0.3) is 5.91 Å². The zero-order valence-corrected chi connectivity index (χ0v) is 14.8. The van der Waals surface area contributed by atoms with E-state index >= 15 is 0 Å². The third-order valence-electron chi connectivity index (χ3n) is 3.19. The van der Waals surface area contributed by atoms with Gasteiger partial charge in [-0.25, -0.2) is 0 Å². The molecule has 2 aromatic carbocycles. The van der Waals surface area contributed by atoms with E-state index in [4.69, 9.17) is 4.74 Å². The molecule has 0 aromatic heterocycles. The van der Waals surface area contributed by atoms with Crippen LogP contribution in [0.4, 0.5) is 37.7 Å². The number of rotatable bonds is 6. The number of nitrogens with zero attached hydrogens (tertiary/aromatic N) is 1. The van der Waals surface area contributed by atoms with E-state index in [-0.39, 0.29) is 28.4 Å². The summed E-state index contributed by atoms with van der Waals surface area (Å²) in [5, 5.41) is 13.2. The summed E-state index contributed by atoms with van der Waals surface area (Å²) in [6, 6.07) is 6.33. The van der Waals surface area contributed by atoms with Gasteiger partial charge < -0.3 is 10.1 Å². The fourth-order valence-electron chi connectivity index (χ4n) is 2.07. The third kappa shape index (κ3) is 6.85. The molecule has 0 atom stereocenters. The Labute approximate surface area is 163 Å². The second kappa shape index (κ2) is 8.59. The second-order valence-electron chi connectivity index (χ2n) is 5.35. The first-order valence-corrected chi connectivity index (χ1v) is 8.31. The SMILES string of the molecule is O=C(COc1ccc(C(F)(F)F)cc1[N+](=O)[O-])Nc1cccc(SC(F)(F)F)c1. The van der Waals surface area contributed by atoms with Gasteiger partial charge in [-0.05, 0) is 42.1 Å². The van der Waals surface area contributed by atoms with Gasteiger partial charge in [-0.1, -0.05) is 6.07 Å². The lowest BCUT2D eigenvalue weighted by atomic mass is 10.2. The van der Waals surface area contributed by atoms with Gasteiger partial charge >= 0.3 is 17.4 Å². The molecule has 0 radical (unpaired) electrons. The van der Waals surface area contributed by atoms with E-state index in [0.717, 1.165) is 6.07 Å². The Bertz CT molecular complexity index is 917. The lowest BCUT2D eigenvalue weighted by molar-refractivity contribution is -0.386. The van der Waals surface area contributed by atoms with Crippen LogP contribution in [0.25, 0.3) is 0 Å². The molecule has 0 fully saturated rings. The average Bonchev–Trinajstić information content (AvgIpc) is 2.57. The fourth-order valence-corrected chi connectivity index (χ4v) is 2.67. The van der Waals surface area contributed by atoms with Crippen LogP contribution in [-0.4, -0.2) is 22.9 Å². The number of nitro groups is 1. The van der Waals surface area contributed by atoms with E-state index in [2.05, 4.69) is 5.32 Å². The number of nitro benzene ring substituents is 1. The number of nitrogens with one attached hydrogen (secondary N) is 1. The molecule has 6 nitrogen and oxygen atoms in total. The Morgan fingerprint density at radius 2 is 1.79 bits per heavy atom. The zero-order chi connectivity index (χ0) is 21.8. The van der Waals surface area contributed by atoms with Crippen molar-refractivity contribution in [2.75, 3.05) is 11.9 Å². The molecule has 0 heterocycles. The maximum Gasteiger partial charge on any atom is 0.446 e. The molecule has 0 saturated carbocycles. The number of ether oxygens (including phenoxy) is 1. The number of alkyl halides is 6. The molecule has 1 N–H and O–H groups in total. The van der Waals surface area contributed by atoms with Gasteiger partial charge in [0.05, 0.1) is 10.5 Å². The highest BCUT2D eigenvalue weighted by Crippen LogP contribution is 2.38. The summed E-state index contributed by atoms with van der Waals surface area (Å²) < 4.78 is 80.0. The number of benzene rings is 2. The van der Waals surface area contributed by atoms with Crippen LogP contribution in [0.5, 0.6) is 5.75 Å². The Kier molecular flexibility index (Phi) is 6.62. The molecule has 0 saturated heterocycles. The number of halogens is 6. The minimum atomic E-state index is -4.81. The maximum atomic E-state index is 12.7. The monoisotopic (exact) mass is 440 g/mol. The quantitative estimate of drug-likeness (QED) is 0.288. The number of anilines is 1. The summed E-state index contributed by atoms with van der Waals surface area (Å²) in [4.78, 5) is 21.5. The normalized spacial score (nSPS) is 11.8. The Morgan fingerprint density at radius 1 is 1.10 bits per heavy atom. The predicted octanol–water partition coefficient (Wildman–Crippen LogP) is 5.24. The largest absolute Gasteiger partial charge is 0.477 e. The molecule has 2 aromatic rings. The second-order valence-corrected chi connectivity index (χ2v) is 6.49. The molecule has 0 aliphatic heterocycles. The lowest BCUT2D eigenvalue weighted by Crippen LogP contribution is -2.20. The van der Waals surface area contributed by atoms with Gasteiger partial charge in [0, 0.05) is 16.6 Å². The molecule has 29 heavy (non-hydrogen) atoms. The Morgan fingerprint density at radius 3 is 2.38 bits per heavy atom. The highest BCUT2D eigenvalue weighted by Gasteiger charge is 2.33. The number of hydrogen-bond donors (Lipinski definition) is 1. The van der Waals surface area contributed by atoms with Crippen molar-refractivity contribution in [3.63, 3.8) is 0 Å². The standard InChI is InChI=1S/C16H10F6N2O4S/c17-15(18,19)9-4-5-13(12(6-9)24(26)27)28-8-14(25)23-10-2-1-3-11(7-10)29-16(20,21)22/h1-7H,8H2,(H,23,25). The first-order chi connectivity index (χ1) is 13.3. The summed E-state index contributed by atoms with van der Waals surface area (Å²) >= 11 is -0.389. The van der Waals surface area contributed by atoms with Crippen molar-refractivity contribution in [2.24, 2.45) is 0 Å². The minimum absolute atomic E-state index is 0.00905. The van der Waals surface area contributed by atoms with E-state index in [1.807, 2.05) is 0 Å². The Hall–Kier alpha value is -2.96. The van der Waals surface area contributed by atoms with Crippen LogP contribution in [0.2, 0.25) is 0 Å². The summed E-state index contributed by atoms with van der Waals surface area (Å²) in [5.74, 6) is -1.45. The van der Waals surface area contributed by atoms with Crippen LogP contribution in [0, 0.1) is 10.1 Å². The van der Waals surface area contributed by atoms with E-state index in [9.17, 15) is 41.3 Å². The smallest absolute Gasteiger partial charge is 0.446 e. The molecule has 0 bridgehead atoms. The molecule has 156 valence electrons. The van der Waals surface area contributed by atoms with Crippen LogP contribution in [0.15, 0.2) is 47.4 Å². The number of amides is 1. The maximum absolute atomic E-state index is 12.7. The van der Waals surface area contributed by atoms with Crippen molar-refractivity contribution in [1.82, 2.24) is 0 Å². The zero-order valence-electron chi connectivity index (χ0n) is 14.0. The van der Waals surface area contributed by atoms with Crippen molar-refractivity contribution in [1.29, 1.82) is 0 Å². The van der Waals surface area contributed by atoms with Crippen LogP contribution < -0.4 is 10.1 Å². The highest BCUT2D eigenvalue weighted by atomic mass is 32.2. The Balaban J connectivity index is 2.06. The van der Waals surface area contributed by atoms with Crippen molar-refractivity contribution < 1.29 is 40.8 Å². The molecule has 1 amide bonds. The summed E-state index contributed by atoms with van der Waals surface area (Å²) in [6.07, 6.45) is -4.81. The molecule has 0 aliphatic rings. The minimum Gasteiger partial charge on any atom is -0.477 e. The first-order valence-electron chi connectivity index (χ1n) is 7.49. The van der Waals surface area contributed by atoms with Crippen LogP contribution in [0.3, 0.4) is 0 Å². The van der Waals surface area contributed by atoms with Crippen LogP contribution in [0.1, 0.15) is 5.56 Å². The van der Waals surface area contributed by atoms with Gasteiger partial charge in [0.15, 0.2) is 12.4 Å². The molecule has 2 rings (SSSR count). The third-order valence-corrected chi connectivity index (χ3v) is 3.91. The van der Waals surface area contributed by atoms with E-state index in [1.54, 1.807) is 0 Å². The number of carbonyl (C=O) groups is 1. The highest BCUT2D eigenvalue weighted by molar-refractivity contribution is 8.00. The number of hydrogen-bond acceptors (Lipinski definition) is 5. The fraction of sp³-hybridized carbons (Fsp3) is 0.188. The average molecular weight is 440 g/mol. The molecule has 13 heteroatoms. The van der Waals surface area contributed by atoms with E-state index in [0.29, 0.717) is 12.1 Å². The molecule has 0 unspecified atom stereocenters. The van der Waals surface area contributed by atoms with Crippen molar-refractivity contribution >= 4 is 29.0 Å². The van der Waals surface area contributed by atoms with E-state index < -0.39 is 46.1 Å². The summed E-state index contributed by atoms with van der Waals surface area (Å²) in [5.41, 5.74) is -6.77. The van der Waals surface area contributed by atoms with Gasteiger partial charge in [-0.15, -0.1) is 0 Å². The van der Waals surface area contributed by atoms with Gasteiger partial charge in [-0.2, -0.15) is 26.3 Å². The molecule has 0 spiro atoms. The van der Waals surface area contributed by atoms with Gasteiger partial charge in [-0.3, -0.25) is 14.9 Å². The van der Waals surface area contributed by atoms with Crippen LogP contribution >= 0.6 is 11.8 Å². The lowest BCUT2D eigenvalue weighted by Gasteiger charge is -2.11. The summed E-state index contributed by atoms with van der Waals surface area (Å²) in [7, 11) is 0. The van der Waals surface area contributed by atoms with Crippen molar-refractivity contribution in [2.45, 2.75) is 16.6 Å². The van der Waals surface area contributed by atoms with Crippen LogP contribution in [-0.2, 0) is 11.0 Å². The molecular formula is C16H10F6N2O4S. The molecular weight excluding hydrogens is 430 g/mol. The first kappa shape index (κ1) is 22.3. The number of carbonyl (C=O) groups excluding carboxylic acids is 1.